The van der Waals surface area contributed by atoms with Crippen LogP contribution in [0.3, 0.4) is 0 Å². The molecule has 0 saturated heterocycles. The van der Waals surface area contributed by atoms with Gasteiger partial charge in [-0.3, -0.25) is 37.3 Å². The fourth-order valence-corrected chi connectivity index (χ4v) is 10.5. The highest BCUT2D eigenvalue weighted by Gasteiger charge is 2.30. The Bertz CT molecular complexity index is 1590. The summed E-state index contributed by atoms with van der Waals surface area (Å²) < 4.78 is 67.4. The van der Waals surface area contributed by atoms with Crippen LogP contribution < -0.4 is 0 Å². The van der Waals surface area contributed by atoms with Crippen LogP contribution in [0.15, 0.2) is 0 Å². The summed E-state index contributed by atoms with van der Waals surface area (Å²) in [5, 5.41) is 10.5. The molecule has 474 valence electrons. The molecule has 0 rings (SSSR count). The van der Waals surface area contributed by atoms with Gasteiger partial charge in [0.2, 0.25) is 0 Å². The van der Waals surface area contributed by atoms with Gasteiger partial charge >= 0.3 is 39.5 Å². The molecule has 0 saturated carbocycles. The first-order valence-corrected chi connectivity index (χ1v) is 35.1. The van der Waals surface area contributed by atoms with Crippen LogP contribution in [-0.4, -0.2) is 96.7 Å². The molecule has 0 aliphatic heterocycles. The maximum atomic E-state index is 13.0. The van der Waals surface area contributed by atoms with E-state index in [1.165, 1.54) is 109 Å². The quantitative estimate of drug-likeness (QED) is 0.0222. The van der Waals surface area contributed by atoms with E-state index in [0.29, 0.717) is 25.7 Å². The van der Waals surface area contributed by atoms with E-state index in [1.54, 1.807) is 0 Å². The highest BCUT2D eigenvalue weighted by Crippen LogP contribution is 2.45. The van der Waals surface area contributed by atoms with Gasteiger partial charge in [0.15, 0.2) is 12.2 Å². The van der Waals surface area contributed by atoms with Crippen molar-refractivity contribution < 1.29 is 80.2 Å². The Morgan fingerprint density at radius 3 is 0.887 bits per heavy atom. The molecule has 0 aromatic heterocycles. The Morgan fingerprint density at radius 1 is 0.350 bits per heavy atom. The molecule has 0 aliphatic carbocycles. The summed E-state index contributed by atoms with van der Waals surface area (Å²) in [6.07, 6.45) is 35.5. The number of ether oxygens (including phenoxy) is 4. The number of hydrogen-bond donors (Lipinski definition) is 3. The van der Waals surface area contributed by atoms with Crippen molar-refractivity contribution in [2.45, 2.75) is 317 Å². The zero-order valence-corrected chi connectivity index (χ0v) is 53.2. The van der Waals surface area contributed by atoms with Gasteiger partial charge in [0.05, 0.1) is 26.4 Å². The van der Waals surface area contributed by atoms with Gasteiger partial charge in [-0.05, 0) is 37.5 Å². The van der Waals surface area contributed by atoms with Gasteiger partial charge in [-0.15, -0.1) is 0 Å². The molecule has 0 radical (unpaired) electrons. The monoisotopic (exact) mass is 1180 g/mol. The number of aliphatic hydroxyl groups excluding tert-OH is 1. The number of aliphatic hydroxyl groups is 1. The second-order valence-electron chi connectivity index (χ2n) is 22.6. The largest absolute Gasteiger partial charge is 0.472 e. The van der Waals surface area contributed by atoms with Gasteiger partial charge in [0.1, 0.15) is 19.3 Å². The van der Waals surface area contributed by atoms with Crippen molar-refractivity contribution in [1.82, 2.24) is 0 Å². The average molecular weight is 1190 g/mol. The molecule has 0 spiro atoms. The van der Waals surface area contributed by atoms with Crippen molar-refractivity contribution in [3.63, 3.8) is 0 Å². The third-order valence-corrected chi connectivity index (χ3v) is 16.6. The Labute approximate surface area is 486 Å². The third kappa shape index (κ3) is 52.8. The number of phosphoric acid groups is 2. The molecule has 7 atom stereocenters. The summed E-state index contributed by atoms with van der Waals surface area (Å²) in [5.74, 6) is -0.537. The molecule has 0 aliphatic rings. The second-order valence-corrected chi connectivity index (χ2v) is 25.5. The second kappa shape index (κ2) is 53.8. The van der Waals surface area contributed by atoms with Crippen molar-refractivity contribution >= 4 is 39.5 Å². The molecule has 19 heteroatoms. The summed E-state index contributed by atoms with van der Waals surface area (Å²) in [6.45, 7) is 9.34. The van der Waals surface area contributed by atoms with Crippen molar-refractivity contribution in [2.75, 3.05) is 39.6 Å². The summed E-state index contributed by atoms with van der Waals surface area (Å²) in [4.78, 5) is 71.6. The lowest BCUT2D eigenvalue weighted by atomic mass is 9.99. The predicted octanol–water partition coefficient (Wildman–Crippen LogP) is 16.5. The van der Waals surface area contributed by atoms with Crippen LogP contribution in [0, 0.1) is 11.8 Å². The number of hydrogen-bond acceptors (Lipinski definition) is 15. The summed E-state index contributed by atoms with van der Waals surface area (Å²) in [5.41, 5.74) is 0. The van der Waals surface area contributed by atoms with Gasteiger partial charge in [-0.25, -0.2) is 9.13 Å². The van der Waals surface area contributed by atoms with Crippen LogP contribution in [0.5, 0.6) is 0 Å². The fourth-order valence-electron chi connectivity index (χ4n) is 8.94. The first-order chi connectivity index (χ1) is 38.4. The van der Waals surface area contributed by atoms with Gasteiger partial charge in [-0.2, -0.15) is 0 Å². The lowest BCUT2D eigenvalue weighted by Gasteiger charge is -2.21. The number of phosphoric ester groups is 2. The Morgan fingerprint density at radius 2 is 0.600 bits per heavy atom. The SMILES string of the molecule is CCCCCCCC(=O)OC[C@H](COP(=O)(O)OC[C@H](O)COP(=O)(O)OC[C@@H](COC(=O)CCCCCCCCCCC(C)CC)OC(=O)CCCCCCCCCCCCCCCCC(C)CC)OC(=O)CCCCCCC. The molecule has 0 bridgehead atoms. The molecular formula is C61H118O17P2. The van der Waals surface area contributed by atoms with Crippen LogP contribution >= 0.6 is 15.6 Å². The molecule has 0 fully saturated rings. The van der Waals surface area contributed by atoms with Crippen molar-refractivity contribution in [3.05, 3.63) is 0 Å². The van der Waals surface area contributed by atoms with Gasteiger partial charge in [0, 0.05) is 25.7 Å². The first kappa shape index (κ1) is 78.1. The van der Waals surface area contributed by atoms with E-state index >= 15 is 0 Å². The molecular weight excluding hydrogens is 1070 g/mol. The fraction of sp³-hybridized carbons (Fsp3) is 0.934. The van der Waals surface area contributed by atoms with Crippen molar-refractivity contribution in [3.8, 4) is 0 Å². The van der Waals surface area contributed by atoms with Gasteiger partial charge in [-0.1, -0.05) is 247 Å². The number of carbonyl (C=O) groups is 4. The van der Waals surface area contributed by atoms with E-state index in [-0.39, 0.29) is 25.7 Å². The molecule has 80 heavy (non-hydrogen) atoms. The topological polar surface area (TPSA) is 237 Å². The lowest BCUT2D eigenvalue weighted by Crippen LogP contribution is -2.30. The van der Waals surface area contributed by atoms with E-state index < -0.39 is 97.5 Å². The van der Waals surface area contributed by atoms with Crippen molar-refractivity contribution in [2.24, 2.45) is 11.8 Å². The third-order valence-electron chi connectivity index (χ3n) is 14.7. The van der Waals surface area contributed by atoms with Crippen molar-refractivity contribution in [1.29, 1.82) is 0 Å². The van der Waals surface area contributed by atoms with E-state index in [2.05, 4.69) is 41.5 Å². The number of rotatable bonds is 60. The molecule has 0 amide bonds. The molecule has 17 nitrogen and oxygen atoms in total. The number of esters is 4. The molecule has 0 aromatic rings. The van der Waals surface area contributed by atoms with E-state index in [1.807, 2.05) is 0 Å². The summed E-state index contributed by atoms with van der Waals surface area (Å²) >= 11 is 0. The van der Waals surface area contributed by atoms with E-state index in [9.17, 15) is 43.2 Å². The number of unbranched alkanes of at least 4 members (excludes halogenated alkanes) is 28. The minimum absolute atomic E-state index is 0.0985. The zero-order valence-electron chi connectivity index (χ0n) is 51.4. The molecule has 4 unspecified atom stereocenters. The Kier molecular flexibility index (Phi) is 52.5. The Balaban J connectivity index is 5.10. The maximum absolute atomic E-state index is 13.0. The smallest absolute Gasteiger partial charge is 0.462 e. The van der Waals surface area contributed by atoms with Gasteiger partial charge in [0.25, 0.3) is 0 Å². The van der Waals surface area contributed by atoms with Crippen LogP contribution in [0.2, 0.25) is 0 Å². The lowest BCUT2D eigenvalue weighted by molar-refractivity contribution is -0.161. The standard InChI is InChI=1S/C61H118O17P2/c1-7-11-13-29-37-43-58(63)71-49-56(77-60(65)45-39-30-14-12-8-2)51-75-79(67,68)73-47-55(62)48-74-80(69,70)76-52-57(50-72-59(64)44-38-33-27-24-23-26-32-36-42-54(6)10-4)78-61(66)46-40-34-28-22-20-18-16-15-17-19-21-25-31-35-41-53(5)9-3/h53-57,62H,7-52H2,1-6H3,(H,67,68)(H,69,70)/t53?,54?,55-,56+,57+/m0/s1. The van der Waals surface area contributed by atoms with Crippen LogP contribution in [0.1, 0.15) is 298 Å². The van der Waals surface area contributed by atoms with Crippen LogP contribution in [0.25, 0.3) is 0 Å². The molecule has 0 heterocycles. The average Bonchev–Trinajstić information content (AvgIpc) is 3.43. The Hall–Kier alpha value is -1.94. The highest BCUT2D eigenvalue weighted by atomic mass is 31.2. The minimum atomic E-state index is -4.94. The maximum Gasteiger partial charge on any atom is 0.472 e. The van der Waals surface area contributed by atoms with Crippen LogP contribution in [-0.2, 0) is 65.4 Å². The van der Waals surface area contributed by atoms with E-state index in [0.717, 1.165) is 108 Å². The van der Waals surface area contributed by atoms with Crippen LogP contribution in [0.4, 0.5) is 0 Å². The summed E-state index contributed by atoms with van der Waals surface area (Å²) in [7, 11) is -9.86. The number of carbonyl (C=O) groups excluding carboxylic acids is 4. The van der Waals surface area contributed by atoms with E-state index in [4.69, 9.17) is 37.0 Å². The highest BCUT2D eigenvalue weighted by molar-refractivity contribution is 7.47. The summed E-state index contributed by atoms with van der Waals surface area (Å²) in [6, 6.07) is 0. The predicted molar refractivity (Wildman–Crippen MR) is 317 cm³/mol. The van der Waals surface area contributed by atoms with Gasteiger partial charge < -0.3 is 33.8 Å². The zero-order chi connectivity index (χ0) is 59.4. The first-order valence-electron chi connectivity index (χ1n) is 32.1. The normalized spacial score (nSPS) is 15.1. The molecule has 3 N–H and O–H groups in total. The minimum Gasteiger partial charge on any atom is -0.462 e. The molecule has 0 aromatic carbocycles.